The minimum Gasteiger partial charge on any atom is -0.505 e. The molecule has 4 aromatic rings. The van der Waals surface area contributed by atoms with Gasteiger partial charge >= 0.3 is 0 Å². The maximum absolute atomic E-state index is 12.0. The Hall–Kier alpha value is -4.64. The number of aromatic hydroxyl groups is 2. The molecule has 4 rings (SSSR count). The number of benzene rings is 4. The van der Waals surface area contributed by atoms with Crippen molar-refractivity contribution in [2.24, 2.45) is 10.2 Å². The quantitative estimate of drug-likeness (QED) is 0.0890. The lowest BCUT2D eigenvalue weighted by atomic mass is 10.1. The molecule has 38 heavy (non-hydrogen) atoms. The molecule has 4 aromatic carbocycles. The summed E-state index contributed by atoms with van der Waals surface area (Å²) in [5, 5.41) is 42.1. The van der Waals surface area contributed by atoms with Crippen molar-refractivity contribution in [3.8, 4) is 11.5 Å². The standard InChI is InChI=1S/C22H16N4O10S2/c27-19-11-15(26(29)30)6-7-18(19)24-25-21-20(38(34,35)36)8-12-4-5-14(10-17(12)22(21)28)23-13-2-1-3-16(9-13)37(31,32)33/h1-11,23,27-28H,(H,31,32,33)(H,34,35,36). The van der Waals surface area contributed by atoms with E-state index in [0.29, 0.717) is 5.69 Å². The van der Waals surface area contributed by atoms with Gasteiger partial charge in [0.05, 0.1) is 15.9 Å². The van der Waals surface area contributed by atoms with Crippen LogP contribution < -0.4 is 5.32 Å². The summed E-state index contributed by atoms with van der Waals surface area (Å²) in [6, 6.07) is 13.4. The van der Waals surface area contributed by atoms with Crippen molar-refractivity contribution < 1.29 is 41.1 Å². The van der Waals surface area contributed by atoms with Crippen molar-refractivity contribution in [2.75, 3.05) is 5.32 Å². The van der Waals surface area contributed by atoms with Crippen molar-refractivity contribution in [2.45, 2.75) is 9.79 Å². The van der Waals surface area contributed by atoms with Crippen LogP contribution in [0.4, 0.5) is 28.4 Å². The molecule has 0 aromatic heterocycles. The average molecular weight is 561 g/mol. The second-order valence-electron chi connectivity index (χ2n) is 7.74. The molecule has 0 aliphatic heterocycles. The van der Waals surface area contributed by atoms with Gasteiger partial charge in [-0.3, -0.25) is 19.2 Å². The van der Waals surface area contributed by atoms with Crippen molar-refractivity contribution in [3.05, 3.63) is 76.8 Å². The summed E-state index contributed by atoms with van der Waals surface area (Å²) >= 11 is 0. The summed E-state index contributed by atoms with van der Waals surface area (Å²) < 4.78 is 65.8. The van der Waals surface area contributed by atoms with E-state index in [1.807, 2.05) is 0 Å². The highest BCUT2D eigenvalue weighted by atomic mass is 32.2. The first-order chi connectivity index (χ1) is 17.7. The van der Waals surface area contributed by atoms with Gasteiger partial charge in [0.2, 0.25) is 0 Å². The van der Waals surface area contributed by atoms with Crippen LogP contribution >= 0.6 is 0 Å². The number of hydrogen-bond acceptors (Lipinski definition) is 11. The third-order valence-corrected chi connectivity index (χ3v) is 6.90. The molecule has 0 aliphatic rings. The van der Waals surface area contributed by atoms with Crippen LogP contribution in [0.25, 0.3) is 10.8 Å². The van der Waals surface area contributed by atoms with Crippen LogP contribution in [0.5, 0.6) is 11.5 Å². The number of rotatable bonds is 7. The molecular formula is C22H16N4O10S2. The van der Waals surface area contributed by atoms with Crippen LogP contribution in [-0.2, 0) is 20.2 Å². The normalized spacial score (nSPS) is 12.2. The SMILES string of the molecule is O=[N+]([O-])c1ccc(N=Nc2c(S(=O)(=O)O)cc3ccc(Nc4cccc(S(=O)(=O)O)c4)cc3c2O)c(O)c1. The summed E-state index contributed by atoms with van der Waals surface area (Å²) in [6.45, 7) is 0. The van der Waals surface area contributed by atoms with Crippen molar-refractivity contribution in [1.82, 2.24) is 0 Å². The van der Waals surface area contributed by atoms with E-state index in [9.17, 15) is 46.3 Å². The molecule has 0 radical (unpaired) electrons. The van der Waals surface area contributed by atoms with Crippen molar-refractivity contribution >= 4 is 59.4 Å². The zero-order chi connectivity index (χ0) is 27.8. The van der Waals surface area contributed by atoms with E-state index in [-0.39, 0.29) is 27.0 Å². The number of phenolic OH excluding ortho intramolecular Hbond substituents is 2. The summed E-state index contributed by atoms with van der Waals surface area (Å²) in [7, 11) is -9.38. The number of non-ortho nitro benzene ring substituents is 1. The Morgan fingerprint density at radius 3 is 2.16 bits per heavy atom. The summed E-state index contributed by atoms with van der Waals surface area (Å²) in [5.74, 6) is -1.36. The summed E-state index contributed by atoms with van der Waals surface area (Å²) in [4.78, 5) is 8.93. The number of azo groups is 1. The highest BCUT2D eigenvalue weighted by Gasteiger charge is 2.22. The van der Waals surface area contributed by atoms with E-state index in [4.69, 9.17) is 0 Å². The van der Waals surface area contributed by atoms with Gasteiger partial charge in [0.1, 0.15) is 22.0 Å². The van der Waals surface area contributed by atoms with E-state index in [1.54, 1.807) is 0 Å². The van der Waals surface area contributed by atoms with Gasteiger partial charge < -0.3 is 15.5 Å². The molecule has 0 fully saturated rings. The van der Waals surface area contributed by atoms with E-state index in [1.165, 1.54) is 36.4 Å². The van der Waals surface area contributed by atoms with E-state index < -0.39 is 52.9 Å². The third kappa shape index (κ3) is 5.52. The van der Waals surface area contributed by atoms with E-state index in [0.717, 1.165) is 30.3 Å². The molecule has 0 heterocycles. The van der Waals surface area contributed by atoms with Crippen LogP contribution in [0.2, 0.25) is 0 Å². The molecule has 5 N–H and O–H groups in total. The largest absolute Gasteiger partial charge is 0.505 e. The number of hydrogen-bond donors (Lipinski definition) is 5. The van der Waals surface area contributed by atoms with Crippen LogP contribution in [0.15, 0.2) is 86.7 Å². The topological polar surface area (TPSA) is 229 Å². The maximum atomic E-state index is 12.0. The fraction of sp³-hybridized carbons (Fsp3) is 0. The molecule has 0 saturated heterocycles. The molecule has 0 amide bonds. The Bertz CT molecular complexity index is 1860. The number of nitrogens with zero attached hydrogens (tertiary/aromatic N) is 3. The molecule has 0 aliphatic carbocycles. The zero-order valence-electron chi connectivity index (χ0n) is 18.7. The van der Waals surface area contributed by atoms with E-state index >= 15 is 0 Å². The first-order valence-corrected chi connectivity index (χ1v) is 13.1. The predicted molar refractivity (Wildman–Crippen MR) is 134 cm³/mol. The van der Waals surface area contributed by atoms with Crippen LogP contribution in [0.1, 0.15) is 0 Å². The Morgan fingerprint density at radius 1 is 0.816 bits per heavy atom. The van der Waals surface area contributed by atoms with Crippen LogP contribution in [0, 0.1) is 10.1 Å². The van der Waals surface area contributed by atoms with Crippen LogP contribution in [-0.4, -0.2) is 41.1 Å². The Balaban J connectivity index is 1.80. The number of phenols is 2. The maximum Gasteiger partial charge on any atom is 0.296 e. The Labute approximate surface area is 214 Å². The zero-order valence-corrected chi connectivity index (χ0v) is 20.4. The molecule has 14 nitrogen and oxygen atoms in total. The number of nitro benzene ring substituents is 1. The smallest absolute Gasteiger partial charge is 0.296 e. The summed E-state index contributed by atoms with van der Waals surface area (Å²) in [6.07, 6.45) is 0. The third-order valence-electron chi connectivity index (χ3n) is 5.18. The lowest BCUT2D eigenvalue weighted by Crippen LogP contribution is -2.00. The van der Waals surface area contributed by atoms with Crippen LogP contribution in [0.3, 0.4) is 0 Å². The molecule has 0 unspecified atom stereocenters. The minimum atomic E-state index is -4.92. The first kappa shape index (κ1) is 26.4. The van der Waals surface area contributed by atoms with Gasteiger partial charge in [-0.05, 0) is 47.9 Å². The van der Waals surface area contributed by atoms with Gasteiger partial charge in [-0.25, -0.2) is 0 Å². The average Bonchev–Trinajstić information content (AvgIpc) is 2.83. The monoisotopic (exact) mass is 560 g/mol. The van der Waals surface area contributed by atoms with Gasteiger partial charge in [0.15, 0.2) is 5.75 Å². The molecule has 16 heteroatoms. The lowest BCUT2D eigenvalue weighted by molar-refractivity contribution is -0.384. The lowest BCUT2D eigenvalue weighted by Gasteiger charge is -2.12. The number of nitrogens with one attached hydrogen (secondary N) is 1. The molecular weight excluding hydrogens is 544 g/mol. The van der Waals surface area contributed by atoms with Gasteiger partial charge in [-0.2, -0.15) is 16.8 Å². The molecule has 0 saturated carbocycles. The molecule has 0 spiro atoms. The molecule has 0 bridgehead atoms. The minimum absolute atomic E-state index is 0.0511. The Morgan fingerprint density at radius 2 is 1.53 bits per heavy atom. The Kier molecular flexibility index (Phi) is 6.73. The number of nitro groups is 1. The highest BCUT2D eigenvalue weighted by Crippen LogP contribution is 2.43. The number of fused-ring (bicyclic) bond motifs is 1. The van der Waals surface area contributed by atoms with Gasteiger partial charge in [0.25, 0.3) is 25.9 Å². The predicted octanol–water partition coefficient (Wildman–Crippen LogP) is 4.81. The van der Waals surface area contributed by atoms with Gasteiger partial charge in [-0.15, -0.1) is 10.2 Å². The van der Waals surface area contributed by atoms with Gasteiger partial charge in [-0.1, -0.05) is 12.1 Å². The summed E-state index contributed by atoms with van der Waals surface area (Å²) in [5.41, 5.74) is -0.817. The van der Waals surface area contributed by atoms with E-state index in [2.05, 4.69) is 15.5 Å². The first-order valence-electron chi connectivity index (χ1n) is 10.2. The highest BCUT2D eigenvalue weighted by molar-refractivity contribution is 7.86. The fourth-order valence-electron chi connectivity index (χ4n) is 3.43. The molecule has 196 valence electrons. The molecule has 0 atom stereocenters. The fourth-order valence-corrected chi connectivity index (χ4v) is 4.61. The van der Waals surface area contributed by atoms with Gasteiger partial charge in [0, 0.05) is 22.8 Å². The second-order valence-corrected chi connectivity index (χ2v) is 10.6. The van der Waals surface area contributed by atoms with Crippen molar-refractivity contribution in [3.63, 3.8) is 0 Å². The number of anilines is 2. The second kappa shape index (κ2) is 9.67. The van der Waals surface area contributed by atoms with Crippen molar-refractivity contribution in [1.29, 1.82) is 0 Å².